The van der Waals surface area contributed by atoms with Crippen molar-refractivity contribution in [3.05, 3.63) is 95.6 Å². The molecular weight excluding hydrogens is 342 g/mol. The van der Waals surface area contributed by atoms with E-state index in [4.69, 9.17) is 4.99 Å². The lowest BCUT2D eigenvalue weighted by Crippen LogP contribution is -1.98. The molecule has 3 aromatic carbocycles. The van der Waals surface area contributed by atoms with Crippen LogP contribution in [0.1, 0.15) is 29.2 Å². The molecule has 0 saturated heterocycles. The minimum atomic E-state index is 0.873. The standard InChI is InChI=1S/C25H27N3/c1-17-6-9-21(10-7-17)19(3)27-24-13-8-18(2)25(16-24)28-20(4)22-11-14-23(26-5)15-12-22/h6-16,26-27H,3H2,1-2,4-5H3. The number of aliphatic imine (C=N–C) groups is 1. The third-order valence-corrected chi connectivity index (χ3v) is 4.78. The molecule has 0 bridgehead atoms. The second-order valence-electron chi connectivity index (χ2n) is 7.00. The summed E-state index contributed by atoms with van der Waals surface area (Å²) >= 11 is 0. The largest absolute Gasteiger partial charge is 0.388 e. The van der Waals surface area contributed by atoms with Gasteiger partial charge in [-0.15, -0.1) is 0 Å². The summed E-state index contributed by atoms with van der Waals surface area (Å²) < 4.78 is 0. The molecule has 28 heavy (non-hydrogen) atoms. The first kappa shape index (κ1) is 19.4. The molecule has 142 valence electrons. The molecule has 0 heterocycles. The maximum atomic E-state index is 4.86. The third-order valence-electron chi connectivity index (χ3n) is 4.78. The minimum absolute atomic E-state index is 0.873. The highest BCUT2D eigenvalue weighted by atomic mass is 14.9. The Balaban J connectivity index is 1.82. The van der Waals surface area contributed by atoms with Gasteiger partial charge in [0.25, 0.3) is 0 Å². The topological polar surface area (TPSA) is 36.4 Å². The maximum Gasteiger partial charge on any atom is 0.0682 e. The minimum Gasteiger partial charge on any atom is -0.388 e. The molecule has 3 nitrogen and oxygen atoms in total. The van der Waals surface area contributed by atoms with Gasteiger partial charge in [-0.3, -0.25) is 4.99 Å². The number of nitrogens with one attached hydrogen (secondary N) is 2. The van der Waals surface area contributed by atoms with Gasteiger partial charge in [0.05, 0.1) is 5.69 Å². The Kier molecular flexibility index (Phi) is 5.95. The zero-order valence-corrected chi connectivity index (χ0v) is 17.0. The van der Waals surface area contributed by atoms with Crippen molar-refractivity contribution in [3.63, 3.8) is 0 Å². The van der Waals surface area contributed by atoms with Crippen molar-refractivity contribution >= 4 is 28.5 Å². The molecule has 2 N–H and O–H groups in total. The highest BCUT2D eigenvalue weighted by Gasteiger charge is 2.05. The third kappa shape index (κ3) is 4.68. The molecule has 0 amide bonds. The van der Waals surface area contributed by atoms with E-state index >= 15 is 0 Å². The summed E-state index contributed by atoms with van der Waals surface area (Å²) in [4.78, 5) is 4.86. The van der Waals surface area contributed by atoms with Gasteiger partial charge in [-0.05, 0) is 61.7 Å². The summed E-state index contributed by atoms with van der Waals surface area (Å²) in [6, 6.07) is 22.9. The molecule has 0 unspecified atom stereocenters. The van der Waals surface area contributed by atoms with Crippen LogP contribution < -0.4 is 10.6 Å². The Labute approximate surface area is 167 Å². The lowest BCUT2D eigenvalue weighted by atomic mass is 10.1. The highest BCUT2D eigenvalue weighted by molar-refractivity contribution is 6.00. The van der Waals surface area contributed by atoms with Gasteiger partial charge in [-0.2, -0.15) is 0 Å². The Hall–Kier alpha value is -3.33. The average Bonchev–Trinajstić information content (AvgIpc) is 2.71. The molecular formula is C25H27N3. The molecule has 3 aromatic rings. The summed E-state index contributed by atoms with van der Waals surface area (Å²) in [6.07, 6.45) is 0. The predicted molar refractivity (Wildman–Crippen MR) is 123 cm³/mol. The monoisotopic (exact) mass is 369 g/mol. The molecule has 0 fully saturated rings. The van der Waals surface area contributed by atoms with Crippen LogP contribution >= 0.6 is 0 Å². The number of anilines is 2. The van der Waals surface area contributed by atoms with E-state index in [1.54, 1.807) is 0 Å². The molecule has 0 atom stereocenters. The number of hydrogen-bond donors (Lipinski definition) is 2. The summed E-state index contributed by atoms with van der Waals surface area (Å²) in [5.74, 6) is 0. The maximum absolute atomic E-state index is 4.86. The van der Waals surface area contributed by atoms with Gasteiger partial charge in [0.2, 0.25) is 0 Å². The first-order chi connectivity index (χ1) is 13.5. The van der Waals surface area contributed by atoms with Gasteiger partial charge in [-0.25, -0.2) is 0 Å². The van der Waals surface area contributed by atoms with E-state index in [2.05, 4.69) is 97.8 Å². The van der Waals surface area contributed by atoms with E-state index in [0.717, 1.165) is 45.2 Å². The van der Waals surface area contributed by atoms with Crippen molar-refractivity contribution in [2.24, 2.45) is 4.99 Å². The molecule has 0 radical (unpaired) electrons. The Morgan fingerprint density at radius 1 is 0.821 bits per heavy atom. The van der Waals surface area contributed by atoms with Crippen LogP contribution in [-0.2, 0) is 0 Å². The SMILES string of the molecule is C=C(Nc1ccc(C)c(N=C(C)c2ccc(NC)cc2)c1)c1ccc(C)cc1. The van der Waals surface area contributed by atoms with Gasteiger partial charge in [0, 0.05) is 29.8 Å². The van der Waals surface area contributed by atoms with Gasteiger partial charge in [-0.1, -0.05) is 54.6 Å². The zero-order valence-electron chi connectivity index (χ0n) is 17.0. The molecule has 0 spiro atoms. The lowest BCUT2D eigenvalue weighted by Gasteiger charge is -2.12. The van der Waals surface area contributed by atoms with Gasteiger partial charge in [0.15, 0.2) is 0 Å². The molecule has 0 aliphatic carbocycles. The van der Waals surface area contributed by atoms with Crippen LogP contribution in [0.4, 0.5) is 17.1 Å². The van der Waals surface area contributed by atoms with Gasteiger partial charge >= 0.3 is 0 Å². The molecule has 0 aliphatic heterocycles. The van der Waals surface area contributed by atoms with E-state index < -0.39 is 0 Å². The van der Waals surface area contributed by atoms with E-state index in [1.807, 2.05) is 14.0 Å². The van der Waals surface area contributed by atoms with Crippen molar-refractivity contribution in [3.8, 4) is 0 Å². The summed E-state index contributed by atoms with van der Waals surface area (Å²) in [7, 11) is 1.92. The average molecular weight is 370 g/mol. The summed E-state index contributed by atoms with van der Waals surface area (Å²) in [5.41, 5.74) is 9.45. The van der Waals surface area contributed by atoms with Crippen LogP contribution in [0, 0.1) is 13.8 Å². The van der Waals surface area contributed by atoms with E-state index in [9.17, 15) is 0 Å². The van der Waals surface area contributed by atoms with Crippen molar-refractivity contribution in [1.29, 1.82) is 0 Å². The number of benzene rings is 3. The lowest BCUT2D eigenvalue weighted by molar-refractivity contribution is 1.38. The fourth-order valence-electron chi connectivity index (χ4n) is 2.93. The first-order valence-electron chi connectivity index (χ1n) is 9.43. The van der Waals surface area contributed by atoms with Crippen LogP contribution in [0.2, 0.25) is 0 Å². The Morgan fingerprint density at radius 3 is 2.07 bits per heavy atom. The van der Waals surface area contributed by atoms with E-state index in [0.29, 0.717) is 0 Å². The molecule has 3 heteroatoms. The first-order valence-corrected chi connectivity index (χ1v) is 9.43. The van der Waals surface area contributed by atoms with Crippen LogP contribution in [0.25, 0.3) is 5.70 Å². The second-order valence-corrected chi connectivity index (χ2v) is 7.00. The summed E-state index contributed by atoms with van der Waals surface area (Å²) in [6.45, 7) is 10.4. The van der Waals surface area contributed by atoms with Gasteiger partial charge in [0.1, 0.15) is 0 Å². The van der Waals surface area contributed by atoms with Crippen LogP contribution in [0.15, 0.2) is 78.3 Å². The number of aryl methyl sites for hydroxylation is 2. The Bertz CT molecular complexity index is 997. The highest BCUT2D eigenvalue weighted by Crippen LogP contribution is 2.26. The van der Waals surface area contributed by atoms with Crippen LogP contribution in [0.3, 0.4) is 0 Å². The predicted octanol–water partition coefficient (Wildman–Crippen LogP) is 6.57. The normalized spacial score (nSPS) is 11.2. The fraction of sp³-hybridized carbons (Fsp3) is 0.160. The van der Waals surface area contributed by atoms with Crippen LogP contribution in [0.5, 0.6) is 0 Å². The molecule has 3 rings (SSSR count). The zero-order chi connectivity index (χ0) is 20.1. The van der Waals surface area contributed by atoms with Crippen molar-refractivity contribution < 1.29 is 0 Å². The van der Waals surface area contributed by atoms with Gasteiger partial charge < -0.3 is 10.6 Å². The quantitative estimate of drug-likeness (QED) is 0.482. The number of hydrogen-bond acceptors (Lipinski definition) is 3. The second kappa shape index (κ2) is 8.57. The van der Waals surface area contributed by atoms with Crippen molar-refractivity contribution in [2.75, 3.05) is 17.7 Å². The molecule has 0 saturated carbocycles. The molecule has 0 aliphatic rings. The van der Waals surface area contributed by atoms with Crippen LogP contribution in [-0.4, -0.2) is 12.8 Å². The number of rotatable bonds is 6. The molecule has 0 aromatic heterocycles. The Morgan fingerprint density at radius 2 is 1.43 bits per heavy atom. The van der Waals surface area contributed by atoms with E-state index in [-0.39, 0.29) is 0 Å². The summed E-state index contributed by atoms with van der Waals surface area (Å²) in [5, 5.41) is 6.54. The number of nitrogens with zero attached hydrogens (tertiary/aromatic N) is 1. The van der Waals surface area contributed by atoms with Crippen molar-refractivity contribution in [2.45, 2.75) is 20.8 Å². The smallest absolute Gasteiger partial charge is 0.0682 e. The van der Waals surface area contributed by atoms with E-state index in [1.165, 1.54) is 5.56 Å². The van der Waals surface area contributed by atoms with Crippen molar-refractivity contribution in [1.82, 2.24) is 0 Å². The fourth-order valence-corrected chi connectivity index (χ4v) is 2.93.